The Bertz CT molecular complexity index is 446. The number of hydrogen-bond acceptors (Lipinski definition) is 4. The van der Waals surface area contributed by atoms with Gasteiger partial charge in [-0.2, -0.15) is 0 Å². The molecule has 1 fully saturated rings. The van der Waals surface area contributed by atoms with Crippen molar-refractivity contribution in [3.05, 3.63) is 29.8 Å². The summed E-state index contributed by atoms with van der Waals surface area (Å²) in [7, 11) is 5.71. The zero-order chi connectivity index (χ0) is 16.8. The van der Waals surface area contributed by atoms with E-state index in [1.165, 1.54) is 5.56 Å². The van der Waals surface area contributed by atoms with Crippen LogP contribution in [0.15, 0.2) is 24.3 Å². The van der Waals surface area contributed by atoms with E-state index in [2.05, 4.69) is 4.90 Å². The van der Waals surface area contributed by atoms with Crippen molar-refractivity contribution in [3.8, 4) is 5.75 Å². The maximum Gasteiger partial charge on any atom is 0.119 e. The van der Waals surface area contributed by atoms with Crippen LogP contribution in [0.3, 0.4) is 0 Å². The van der Waals surface area contributed by atoms with E-state index < -0.39 is 5.60 Å². The smallest absolute Gasteiger partial charge is 0.119 e. The van der Waals surface area contributed by atoms with Crippen molar-refractivity contribution < 1.29 is 14.9 Å². The molecule has 0 aromatic heterocycles. The van der Waals surface area contributed by atoms with Crippen molar-refractivity contribution in [1.29, 1.82) is 0 Å². The van der Waals surface area contributed by atoms with Crippen molar-refractivity contribution in [2.24, 2.45) is 5.92 Å². The molecule has 0 heterocycles. The highest BCUT2D eigenvalue weighted by Crippen LogP contribution is 2.33. The summed E-state index contributed by atoms with van der Waals surface area (Å²) in [4.78, 5) is 2.09. The highest BCUT2D eigenvalue weighted by molar-refractivity contribution is 5.27. The summed E-state index contributed by atoms with van der Waals surface area (Å²) < 4.78 is 5.00. The Hall–Kier alpha value is -1.10. The average molecular weight is 309 g/mol. The lowest BCUT2D eigenvalue weighted by atomic mass is 9.75. The number of hydrogen-bond donors (Lipinski definition) is 2. The van der Waals surface area contributed by atoms with Gasteiger partial charge in [0.2, 0.25) is 0 Å². The lowest BCUT2D eigenvalue weighted by Crippen LogP contribution is -2.46. The fraction of sp³-hybridized carbons (Fsp3) is 0.667. The molecule has 4 heteroatoms. The van der Waals surface area contributed by atoms with Crippen molar-refractivity contribution >= 4 is 0 Å². The molecule has 126 valence electrons. The molecular formula is C18H31NO3. The van der Waals surface area contributed by atoms with Gasteiger partial charge in [-0.1, -0.05) is 12.1 Å². The first kappa shape index (κ1) is 18.9. The van der Waals surface area contributed by atoms with Crippen molar-refractivity contribution in [2.75, 3.05) is 27.7 Å². The minimum absolute atomic E-state index is 0.297. The molecule has 2 rings (SSSR count). The largest absolute Gasteiger partial charge is 0.497 e. The fourth-order valence-electron chi connectivity index (χ4n) is 2.92. The summed E-state index contributed by atoms with van der Waals surface area (Å²) in [5.41, 5.74) is 0.538. The van der Waals surface area contributed by atoms with Gasteiger partial charge in [-0.15, -0.1) is 0 Å². The van der Waals surface area contributed by atoms with Crippen LogP contribution >= 0.6 is 0 Å². The third-order valence-corrected chi connectivity index (χ3v) is 4.19. The highest BCUT2D eigenvalue weighted by atomic mass is 16.5. The number of rotatable bonds is 3. The first-order chi connectivity index (χ1) is 10.2. The van der Waals surface area contributed by atoms with Gasteiger partial charge < -0.3 is 19.8 Å². The Morgan fingerprint density at radius 1 is 1.32 bits per heavy atom. The lowest BCUT2D eigenvalue weighted by molar-refractivity contribution is -0.0802. The van der Waals surface area contributed by atoms with Gasteiger partial charge in [0.25, 0.3) is 0 Å². The van der Waals surface area contributed by atoms with E-state index in [1.54, 1.807) is 7.11 Å². The van der Waals surface area contributed by atoms with Gasteiger partial charge >= 0.3 is 0 Å². The van der Waals surface area contributed by atoms with Gasteiger partial charge in [-0.3, -0.25) is 0 Å². The van der Waals surface area contributed by atoms with E-state index in [0.29, 0.717) is 12.3 Å². The van der Waals surface area contributed by atoms with Gasteiger partial charge in [0.15, 0.2) is 0 Å². The molecule has 0 spiro atoms. The third-order valence-electron chi connectivity index (χ3n) is 4.19. The number of aliphatic hydroxyl groups is 2. The van der Waals surface area contributed by atoms with Gasteiger partial charge in [0.1, 0.15) is 5.75 Å². The molecule has 1 aliphatic carbocycles. The molecule has 3 atom stereocenters. The zero-order valence-corrected chi connectivity index (χ0v) is 14.5. The van der Waals surface area contributed by atoms with Crippen molar-refractivity contribution in [2.45, 2.75) is 44.8 Å². The molecule has 0 radical (unpaired) electrons. The molecule has 0 aliphatic heterocycles. The Labute approximate surface area is 134 Å². The summed E-state index contributed by atoms with van der Waals surface area (Å²) >= 11 is 0. The van der Waals surface area contributed by atoms with Crippen LogP contribution in [0.1, 0.15) is 31.7 Å². The first-order valence-electron chi connectivity index (χ1n) is 7.90. The highest BCUT2D eigenvalue weighted by Gasteiger charge is 2.38. The van der Waals surface area contributed by atoms with Gasteiger partial charge in [0.05, 0.1) is 18.8 Å². The molecular weight excluding hydrogens is 278 g/mol. The minimum Gasteiger partial charge on any atom is -0.497 e. The Morgan fingerprint density at radius 3 is 2.45 bits per heavy atom. The standard InChI is InChI=1S/C10H21NO2.C8H10O/c1-10(13)6-9(12)5-4-8(10)7-11(2)3;1-7-4-3-5-8(6-7)9-2/h8-9,12-13H,4-7H2,1-3H3;3-6H,1-2H3/t8-,9-,10-;/m0./s1. The molecule has 0 bridgehead atoms. The fourth-order valence-corrected chi connectivity index (χ4v) is 2.92. The second kappa shape index (κ2) is 8.51. The van der Waals surface area contributed by atoms with Crippen LogP contribution in [0.4, 0.5) is 0 Å². The monoisotopic (exact) mass is 309 g/mol. The van der Waals surface area contributed by atoms with Crippen LogP contribution in [-0.4, -0.2) is 54.6 Å². The first-order valence-corrected chi connectivity index (χ1v) is 7.90. The van der Waals surface area contributed by atoms with Crippen LogP contribution in [-0.2, 0) is 0 Å². The minimum atomic E-state index is -0.693. The topological polar surface area (TPSA) is 52.9 Å². The van der Waals surface area contributed by atoms with Crippen LogP contribution in [0, 0.1) is 12.8 Å². The third kappa shape index (κ3) is 6.34. The Kier molecular flexibility index (Phi) is 7.33. The maximum absolute atomic E-state index is 10.1. The van der Waals surface area contributed by atoms with E-state index in [1.807, 2.05) is 52.2 Å². The van der Waals surface area contributed by atoms with Crippen LogP contribution in [0.25, 0.3) is 0 Å². The second-order valence-electron chi connectivity index (χ2n) is 6.77. The number of nitrogens with zero attached hydrogens (tertiary/aromatic N) is 1. The molecule has 0 amide bonds. The summed E-state index contributed by atoms with van der Waals surface area (Å²) in [6, 6.07) is 7.96. The van der Waals surface area contributed by atoms with E-state index in [0.717, 1.165) is 25.1 Å². The summed E-state index contributed by atoms with van der Waals surface area (Å²) in [6.45, 7) is 4.78. The molecule has 22 heavy (non-hydrogen) atoms. The van der Waals surface area contributed by atoms with Crippen LogP contribution in [0.5, 0.6) is 5.75 Å². The summed E-state index contributed by atoms with van der Waals surface area (Å²) in [5.74, 6) is 1.22. The number of methoxy groups -OCH3 is 1. The molecule has 1 aromatic carbocycles. The average Bonchev–Trinajstić information content (AvgIpc) is 2.42. The Balaban J connectivity index is 0.000000235. The molecule has 1 aliphatic rings. The summed E-state index contributed by atoms with van der Waals surface area (Å²) in [6.07, 6.45) is 1.96. The molecule has 4 nitrogen and oxygen atoms in total. The number of benzene rings is 1. The van der Waals surface area contributed by atoms with Crippen molar-refractivity contribution in [1.82, 2.24) is 4.90 Å². The van der Waals surface area contributed by atoms with Gasteiger partial charge in [0, 0.05) is 18.9 Å². The van der Waals surface area contributed by atoms with E-state index in [-0.39, 0.29) is 6.10 Å². The molecule has 2 N–H and O–H groups in total. The Morgan fingerprint density at radius 2 is 2.00 bits per heavy atom. The predicted molar refractivity (Wildman–Crippen MR) is 90.3 cm³/mol. The molecule has 0 unspecified atom stereocenters. The zero-order valence-electron chi connectivity index (χ0n) is 14.5. The summed E-state index contributed by atoms with van der Waals surface area (Å²) in [5, 5.41) is 19.5. The lowest BCUT2D eigenvalue weighted by Gasteiger charge is -2.40. The van der Waals surface area contributed by atoms with E-state index in [4.69, 9.17) is 4.74 Å². The van der Waals surface area contributed by atoms with E-state index >= 15 is 0 Å². The normalized spacial score (nSPS) is 28.0. The second-order valence-corrected chi connectivity index (χ2v) is 6.77. The molecule has 1 aromatic rings. The molecule has 0 saturated heterocycles. The van der Waals surface area contributed by atoms with E-state index in [9.17, 15) is 10.2 Å². The quantitative estimate of drug-likeness (QED) is 0.900. The molecule has 1 saturated carbocycles. The van der Waals surface area contributed by atoms with Crippen molar-refractivity contribution in [3.63, 3.8) is 0 Å². The van der Waals surface area contributed by atoms with Crippen LogP contribution < -0.4 is 4.74 Å². The van der Waals surface area contributed by atoms with Gasteiger partial charge in [-0.25, -0.2) is 0 Å². The number of aliphatic hydroxyl groups excluding tert-OH is 1. The number of ether oxygens (including phenoxy) is 1. The SMILES string of the molecule is CN(C)C[C@@H]1CC[C@H](O)C[C@]1(C)O.COc1cccc(C)c1. The predicted octanol–water partition coefficient (Wildman–Crippen LogP) is 2.46. The van der Waals surface area contributed by atoms with Gasteiger partial charge in [-0.05, 0) is 58.5 Å². The van der Waals surface area contributed by atoms with Crippen LogP contribution in [0.2, 0.25) is 0 Å². The maximum atomic E-state index is 10.1. The number of aryl methyl sites for hydroxylation is 1.